The van der Waals surface area contributed by atoms with Gasteiger partial charge in [0, 0.05) is 35.6 Å². The zero-order valence-electron chi connectivity index (χ0n) is 17.3. The molecule has 1 unspecified atom stereocenters. The highest BCUT2D eigenvalue weighted by Crippen LogP contribution is 2.43. The number of rotatable bonds is 5. The molecular weight excluding hydrogens is 414 g/mol. The molecule has 2 aromatic heterocycles. The number of hydrogen-bond acceptors (Lipinski definition) is 7. The van der Waals surface area contributed by atoms with Gasteiger partial charge in [-0.1, -0.05) is 0 Å². The number of primary amides is 1. The minimum Gasteiger partial charge on any atom is -0.385 e. The van der Waals surface area contributed by atoms with Crippen molar-refractivity contribution < 1.29 is 4.79 Å². The summed E-state index contributed by atoms with van der Waals surface area (Å²) < 4.78 is 0. The van der Waals surface area contributed by atoms with Crippen molar-refractivity contribution in [3.05, 3.63) is 42.4 Å². The van der Waals surface area contributed by atoms with Crippen LogP contribution in [0.3, 0.4) is 0 Å². The SMILES string of the molecule is Cl.NC(=O)C1(C2CCNCC2)CN=C(Nc2ccc3cnccc3n2)C=C1NC1CC1. The second kappa shape index (κ2) is 8.80. The highest BCUT2D eigenvalue weighted by Gasteiger charge is 2.50. The van der Waals surface area contributed by atoms with Gasteiger partial charge in [-0.05, 0) is 62.9 Å². The summed E-state index contributed by atoms with van der Waals surface area (Å²) in [5, 5.41) is 11.3. The van der Waals surface area contributed by atoms with Crippen molar-refractivity contribution in [1.82, 2.24) is 20.6 Å². The van der Waals surface area contributed by atoms with E-state index < -0.39 is 5.41 Å². The maximum atomic E-state index is 12.8. The number of aliphatic imine (C=N–C) groups is 1. The van der Waals surface area contributed by atoms with Gasteiger partial charge in [-0.2, -0.15) is 0 Å². The van der Waals surface area contributed by atoms with Crippen LogP contribution in [0.1, 0.15) is 25.7 Å². The van der Waals surface area contributed by atoms with Crippen LogP contribution in [0.4, 0.5) is 5.82 Å². The lowest BCUT2D eigenvalue weighted by atomic mass is 9.67. The molecule has 0 radical (unpaired) electrons. The number of nitrogens with one attached hydrogen (secondary N) is 3. The summed E-state index contributed by atoms with van der Waals surface area (Å²) in [5.74, 6) is 1.31. The number of carbonyl (C=O) groups excluding carboxylic acids is 1. The van der Waals surface area contributed by atoms with Gasteiger partial charge in [-0.25, -0.2) is 4.98 Å². The van der Waals surface area contributed by atoms with Crippen LogP contribution in [0.5, 0.6) is 0 Å². The summed E-state index contributed by atoms with van der Waals surface area (Å²) in [7, 11) is 0. The first-order valence-electron chi connectivity index (χ1n) is 10.7. The third-order valence-corrected chi connectivity index (χ3v) is 6.42. The molecule has 0 aromatic carbocycles. The number of halogens is 1. The number of amides is 1. The third-order valence-electron chi connectivity index (χ3n) is 6.42. The lowest BCUT2D eigenvalue weighted by Gasteiger charge is -2.43. The molecule has 2 fully saturated rings. The van der Waals surface area contributed by atoms with Crippen LogP contribution >= 0.6 is 12.4 Å². The van der Waals surface area contributed by atoms with Crippen LogP contribution < -0.4 is 21.7 Å². The van der Waals surface area contributed by atoms with Gasteiger partial charge in [0.25, 0.3) is 0 Å². The monoisotopic (exact) mass is 441 g/mol. The highest BCUT2D eigenvalue weighted by molar-refractivity contribution is 6.06. The molecule has 1 atom stereocenters. The van der Waals surface area contributed by atoms with E-state index in [0.29, 0.717) is 24.2 Å². The number of pyridine rings is 2. The molecule has 2 aliphatic heterocycles. The molecule has 1 saturated heterocycles. The normalized spacial score (nSPS) is 24.0. The van der Waals surface area contributed by atoms with Crippen molar-refractivity contribution in [2.24, 2.45) is 22.1 Å². The Labute approximate surface area is 187 Å². The maximum absolute atomic E-state index is 12.8. The smallest absolute Gasteiger partial charge is 0.231 e. The van der Waals surface area contributed by atoms with Crippen LogP contribution in [0.25, 0.3) is 10.9 Å². The average molecular weight is 442 g/mol. The molecule has 1 aliphatic carbocycles. The first-order chi connectivity index (χ1) is 14.6. The van der Waals surface area contributed by atoms with Crippen molar-refractivity contribution in [1.29, 1.82) is 0 Å². The number of fused-ring (bicyclic) bond motifs is 1. The van der Waals surface area contributed by atoms with Crippen molar-refractivity contribution in [2.75, 3.05) is 25.0 Å². The molecule has 5 rings (SSSR count). The predicted octanol–water partition coefficient (Wildman–Crippen LogP) is 1.98. The van der Waals surface area contributed by atoms with Crippen molar-refractivity contribution in [3.8, 4) is 0 Å². The van der Waals surface area contributed by atoms with E-state index in [0.717, 1.165) is 55.4 Å². The molecule has 0 bridgehead atoms. The van der Waals surface area contributed by atoms with Crippen LogP contribution in [0, 0.1) is 11.3 Å². The molecule has 1 saturated carbocycles. The van der Waals surface area contributed by atoms with Gasteiger partial charge in [-0.3, -0.25) is 14.8 Å². The zero-order chi connectivity index (χ0) is 20.6. The number of nitrogens with two attached hydrogens (primary N) is 1. The minimum absolute atomic E-state index is 0. The molecule has 5 N–H and O–H groups in total. The predicted molar refractivity (Wildman–Crippen MR) is 124 cm³/mol. The van der Waals surface area contributed by atoms with E-state index >= 15 is 0 Å². The summed E-state index contributed by atoms with van der Waals surface area (Å²) in [6.45, 7) is 2.17. The Hall–Kier alpha value is -2.71. The Balaban J connectivity index is 0.00000231. The van der Waals surface area contributed by atoms with Crippen LogP contribution in [0.2, 0.25) is 0 Å². The van der Waals surface area contributed by atoms with Crippen molar-refractivity contribution in [3.63, 3.8) is 0 Å². The molecule has 0 spiro atoms. The van der Waals surface area contributed by atoms with E-state index in [1.807, 2.05) is 24.3 Å². The Morgan fingerprint density at radius 2 is 1.97 bits per heavy atom. The lowest BCUT2D eigenvalue weighted by Crippen LogP contribution is -2.54. The third kappa shape index (κ3) is 4.22. The Morgan fingerprint density at radius 3 is 2.71 bits per heavy atom. The van der Waals surface area contributed by atoms with E-state index in [2.05, 4.69) is 25.9 Å². The standard InChI is InChI=1S/C22H27N7O.ClH/c23-21(30)22(15-5-8-24-9-6-15)13-26-20(11-18(22)27-16-2-3-16)29-19-4-1-14-12-25-10-7-17(14)28-19;/h1,4,7,10-12,15-16,24,27H,2-3,5-6,8-9,13H2,(H2,23,30)(H,26,28,29);1H. The second-order valence-corrected chi connectivity index (χ2v) is 8.43. The molecular formula is C22H28ClN7O. The number of aromatic nitrogens is 2. The fraction of sp³-hybridized carbons (Fsp3) is 0.455. The summed E-state index contributed by atoms with van der Waals surface area (Å²) >= 11 is 0. The molecule has 2 aromatic rings. The number of piperidine rings is 1. The van der Waals surface area contributed by atoms with Gasteiger partial charge in [0.1, 0.15) is 17.1 Å². The average Bonchev–Trinajstić information content (AvgIpc) is 3.59. The lowest BCUT2D eigenvalue weighted by molar-refractivity contribution is -0.128. The van der Waals surface area contributed by atoms with Gasteiger partial charge in [0.05, 0.1) is 12.1 Å². The largest absolute Gasteiger partial charge is 0.385 e. The Kier molecular flexibility index (Phi) is 6.11. The first-order valence-corrected chi connectivity index (χ1v) is 10.7. The minimum atomic E-state index is -0.766. The Morgan fingerprint density at radius 1 is 1.16 bits per heavy atom. The topological polar surface area (TPSA) is 117 Å². The zero-order valence-corrected chi connectivity index (χ0v) is 18.1. The fourth-order valence-corrected chi connectivity index (χ4v) is 4.54. The van der Waals surface area contributed by atoms with Crippen LogP contribution in [-0.4, -0.2) is 47.4 Å². The highest BCUT2D eigenvalue weighted by atomic mass is 35.5. The number of nitrogens with zero attached hydrogens (tertiary/aromatic N) is 3. The van der Waals surface area contributed by atoms with E-state index in [-0.39, 0.29) is 24.2 Å². The number of dihydropyridines is 1. The Bertz CT molecular complexity index is 1030. The van der Waals surface area contributed by atoms with Crippen molar-refractivity contribution >= 4 is 40.9 Å². The molecule has 4 heterocycles. The van der Waals surface area contributed by atoms with E-state index in [1.54, 1.807) is 12.4 Å². The van der Waals surface area contributed by atoms with E-state index in [9.17, 15) is 4.79 Å². The van der Waals surface area contributed by atoms with E-state index in [4.69, 9.17) is 10.7 Å². The van der Waals surface area contributed by atoms with Gasteiger partial charge in [0.15, 0.2) is 0 Å². The fourth-order valence-electron chi connectivity index (χ4n) is 4.54. The van der Waals surface area contributed by atoms with E-state index in [1.165, 1.54) is 0 Å². The van der Waals surface area contributed by atoms with Crippen LogP contribution in [-0.2, 0) is 4.79 Å². The quantitative estimate of drug-likeness (QED) is 0.563. The number of amidine groups is 1. The summed E-state index contributed by atoms with van der Waals surface area (Å²) in [6.07, 6.45) is 9.58. The molecule has 9 heteroatoms. The molecule has 8 nitrogen and oxygen atoms in total. The van der Waals surface area contributed by atoms with Gasteiger partial charge in [0.2, 0.25) is 5.91 Å². The summed E-state index contributed by atoms with van der Waals surface area (Å²) in [6, 6.07) is 6.20. The van der Waals surface area contributed by atoms with Crippen molar-refractivity contribution in [2.45, 2.75) is 31.7 Å². The number of hydrogen-bond donors (Lipinski definition) is 4. The molecule has 1 amide bonds. The number of anilines is 1. The van der Waals surface area contributed by atoms with Gasteiger partial charge < -0.3 is 21.7 Å². The second-order valence-electron chi connectivity index (χ2n) is 8.43. The number of carbonyl (C=O) groups is 1. The molecule has 3 aliphatic rings. The summed E-state index contributed by atoms with van der Waals surface area (Å²) in [5.41, 5.74) is 7.04. The first kappa shape index (κ1) is 21.5. The van der Waals surface area contributed by atoms with Gasteiger partial charge in [-0.15, -0.1) is 12.4 Å². The van der Waals surface area contributed by atoms with Gasteiger partial charge >= 0.3 is 0 Å². The maximum Gasteiger partial charge on any atom is 0.231 e. The molecule has 31 heavy (non-hydrogen) atoms. The molecule has 164 valence electrons. The van der Waals surface area contributed by atoms with Crippen LogP contribution in [0.15, 0.2) is 47.4 Å². The summed E-state index contributed by atoms with van der Waals surface area (Å²) in [4.78, 5) is 26.3.